The number of ether oxygens (including phenoxy) is 1. The molecule has 17 heavy (non-hydrogen) atoms. The van der Waals surface area contributed by atoms with E-state index >= 15 is 0 Å². The number of carbonyl (C=O) groups excluding carboxylic acids is 1. The molecule has 0 aromatic carbocycles. The Kier molecular flexibility index (Phi) is 2.99. The molecule has 2 rings (SSSR count). The Labute approximate surface area is 103 Å². The minimum absolute atomic E-state index is 0.115. The largest absolute Gasteiger partial charge is 0.465 e. The van der Waals surface area contributed by atoms with Crippen LogP contribution in [0, 0.1) is 10.8 Å². The molecule has 1 heterocycles. The Morgan fingerprint density at radius 1 is 1.35 bits per heavy atom. The smallest absolute Gasteiger partial charge is 0.317 e. The fourth-order valence-electron chi connectivity index (χ4n) is 3.23. The van der Waals surface area contributed by atoms with E-state index in [1.807, 2.05) is 0 Å². The number of hydrogen-bond donors (Lipinski definition) is 2. The molecule has 0 amide bonds. The van der Waals surface area contributed by atoms with E-state index in [9.17, 15) is 9.90 Å². The zero-order chi connectivity index (χ0) is 12.7. The lowest BCUT2D eigenvalue weighted by molar-refractivity contribution is -0.184. The Morgan fingerprint density at radius 3 is 2.35 bits per heavy atom. The lowest BCUT2D eigenvalue weighted by atomic mass is 9.65. The van der Waals surface area contributed by atoms with Gasteiger partial charge in [0.15, 0.2) is 0 Å². The van der Waals surface area contributed by atoms with E-state index in [-0.39, 0.29) is 11.4 Å². The molecule has 2 aliphatic rings. The molecule has 0 aromatic heterocycles. The summed E-state index contributed by atoms with van der Waals surface area (Å²) in [7, 11) is 0. The minimum Gasteiger partial charge on any atom is -0.465 e. The molecule has 1 saturated heterocycles. The molecule has 4 heteroatoms. The third kappa shape index (κ3) is 1.87. The second-order valence-electron chi connectivity index (χ2n) is 6.28. The molecule has 1 unspecified atom stereocenters. The van der Waals surface area contributed by atoms with Crippen molar-refractivity contribution >= 4 is 5.97 Å². The van der Waals surface area contributed by atoms with Gasteiger partial charge in [0, 0.05) is 13.1 Å². The highest BCUT2D eigenvalue weighted by Crippen LogP contribution is 2.53. The van der Waals surface area contributed by atoms with Gasteiger partial charge in [0.1, 0.15) is 5.41 Å². The highest BCUT2D eigenvalue weighted by Gasteiger charge is 2.63. The van der Waals surface area contributed by atoms with E-state index in [0.29, 0.717) is 32.5 Å². The summed E-state index contributed by atoms with van der Waals surface area (Å²) in [6.07, 6.45) is 2.34. The topological polar surface area (TPSA) is 58.6 Å². The third-order valence-electron chi connectivity index (χ3n) is 4.40. The quantitative estimate of drug-likeness (QED) is 0.726. The molecule has 1 saturated carbocycles. The van der Waals surface area contributed by atoms with Crippen molar-refractivity contribution in [2.24, 2.45) is 10.8 Å². The summed E-state index contributed by atoms with van der Waals surface area (Å²) in [6.45, 7) is 7.56. The SMILES string of the molecule is CCOC(=O)C1(C2(O)CCC(C)(C)C2)CNC1. The van der Waals surface area contributed by atoms with E-state index in [1.54, 1.807) is 6.92 Å². The second-order valence-corrected chi connectivity index (χ2v) is 6.28. The molecular formula is C13H23NO3. The van der Waals surface area contributed by atoms with Crippen LogP contribution in [-0.4, -0.2) is 36.4 Å². The zero-order valence-corrected chi connectivity index (χ0v) is 11.0. The first-order valence-corrected chi connectivity index (χ1v) is 6.46. The van der Waals surface area contributed by atoms with Gasteiger partial charge < -0.3 is 15.2 Å². The molecular weight excluding hydrogens is 218 g/mol. The normalized spacial score (nSPS) is 34.1. The van der Waals surface area contributed by atoms with Crippen LogP contribution in [0.4, 0.5) is 0 Å². The van der Waals surface area contributed by atoms with Gasteiger partial charge in [0.05, 0.1) is 12.2 Å². The van der Waals surface area contributed by atoms with Gasteiger partial charge >= 0.3 is 5.97 Å². The van der Waals surface area contributed by atoms with Crippen LogP contribution in [0.5, 0.6) is 0 Å². The van der Waals surface area contributed by atoms with Gasteiger partial charge in [-0.25, -0.2) is 0 Å². The molecule has 0 radical (unpaired) electrons. The van der Waals surface area contributed by atoms with Gasteiger partial charge in [-0.1, -0.05) is 13.8 Å². The molecule has 2 fully saturated rings. The number of nitrogens with one attached hydrogen (secondary N) is 1. The van der Waals surface area contributed by atoms with Crippen LogP contribution in [0.1, 0.15) is 40.0 Å². The van der Waals surface area contributed by atoms with Crippen LogP contribution < -0.4 is 5.32 Å². The van der Waals surface area contributed by atoms with Crippen LogP contribution in [-0.2, 0) is 9.53 Å². The van der Waals surface area contributed by atoms with E-state index in [0.717, 1.165) is 6.42 Å². The number of aliphatic hydroxyl groups is 1. The van der Waals surface area contributed by atoms with Gasteiger partial charge in [-0.05, 0) is 31.6 Å². The monoisotopic (exact) mass is 241 g/mol. The van der Waals surface area contributed by atoms with E-state index < -0.39 is 11.0 Å². The molecule has 1 aliphatic carbocycles. The molecule has 2 N–H and O–H groups in total. The highest BCUT2D eigenvalue weighted by molar-refractivity contribution is 5.80. The maximum Gasteiger partial charge on any atom is 0.317 e. The predicted octanol–water partition coefficient (Wildman–Crippen LogP) is 1.08. The third-order valence-corrected chi connectivity index (χ3v) is 4.40. The van der Waals surface area contributed by atoms with Gasteiger partial charge in [-0.15, -0.1) is 0 Å². The summed E-state index contributed by atoms with van der Waals surface area (Å²) in [4.78, 5) is 12.1. The Balaban J connectivity index is 2.21. The van der Waals surface area contributed by atoms with Crippen molar-refractivity contribution in [2.75, 3.05) is 19.7 Å². The van der Waals surface area contributed by atoms with Crippen LogP contribution in [0.15, 0.2) is 0 Å². The van der Waals surface area contributed by atoms with Crippen molar-refractivity contribution < 1.29 is 14.6 Å². The first kappa shape index (κ1) is 12.8. The van der Waals surface area contributed by atoms with Crippen molar-refractivity contribution in [3.05, 3.63) is 0 Å². The van der Waals surface area contributed by atoms with Gasteiger partial charge in [0.25, 0.3) is 0 Å². The average Bonchev–Trinajstić information content (AvgIpc) is 2.39. The molecule has 4 nitrogen and oxygen atoms in total. The summed E-state index contributed by atoms with van der Waals surface area (Å²) in [5, 5.41) is 14.0. The van der Waals surface area contributed by atoms with Gasteiger partial charge in [-0.2, -0.15) is 0 Å². The molecule has 1 aliphatic heterocycles. The Bertz CT molecular complexity index is 323. The lowest BCUT2D eigenvalue weighted by Gasteiger charge is -2.50. The van der Waals surface area contributed by atoms with Gasteiger partial charge in [-0.3, -0.25) is 4.79 Å². The van der Waals surface area contributed by atoms with E-state index in [4.69, 9.17) is 4.74 Å². The van der Waals surface area contributed by atoms with Crippen molar-refractivity contribution in [3.63, 3.8) is 0 Å². The summed E-state index contributed by atoms with van der Waals surface area (Å²) in [6, 6.07) is 0. The highest BCUT2D eigenvalue weighted by atomic mass is 16.5. The van der Waals surface area contributed by atoms with E-state index in [1.165, 1.54) is 0 Å². The standard InChI is InChI=1S/C13H23NO3/c1-4-17-10(15)12(8-14-9-12)13(16)6-5-11(2,3)7-13/h14,16H,4-9H2,1-3H3. The molecule has 0 aromatic rings. The molecule has 0 spiro atoms. The van der Waals surface area contributed by atoms with Crippen molar-refractivity contribution in [1.29, 1.82) is 0 Å². The fraction of sp³-hybridized carbons (Fsp3) is 0.923. The van der Waals surface area contributed by atoms with Crippen molar-refractivity contribution in [1.82, 2.24) is 5.32 Å². The first-order chi connectivity index (χ1) is 7.85. The number of hydrogen-bond acceptors (Lipinski definition) is 4. The summed E-state index contributed by atoms with van der Waals surface area (Å²) >= 11 is 0. The summed E-state index contributed by atoms with van der Waals surface area (Å²) in [5.74, 6) is -0.237. The van der Waals surface area contributed by atoms with Crippen LogP contribution in [0.25, 0.3) is 0 Å². The zero-order valence-electron chi connectivity index (χ0n) is 11.0. The van der Waals surface area contributed by atoms with Crippen molar-refractivity contribution in [3.8, 4) is 0 Å². The Hall–Kier alpha value is -0.610. The van der Waals surface area contributed by atoms with Crippen molar-refractivity contribution in [2.45, 2.75) is 45.6 Å². The fourth-order valence-corrected chi connectivity index (χ4v) is 3.23. The second kappa shape index (κ2) is 3.95. The van der Waals surface area contributed by atoms with Crippen LogP contribution >= 0.6 is 0 Å². The lowest BCUT2D eigenvalue weighted by Crippen LogP contribution is -2.69. The number of carbonyl (C=O) groups is 1. The Morgan fingerprint density at radius 2 is 2.00 bits per heavy atom. The van der Waals surface area contributed by atoms with E-state index in [2.05, 4.69) is 19.2 Å². The van der Waals surface area contributed by atoms with Crippen LogP contribution in [0.3, 0.4) is 0 Å². The maximum absolute atomic E-state index is 12.1. The summed E-state index contributed by atoms with van der Waals surface area (Å²) in [5.41, 5.74) is -1.49. The first-order valence-electron chi connectivity index (χ1n) is 6.46. The molecule has 1 atom stereocenters. The molecule has 98 valence electrons. The van der Waals surface area contributed by atoms with Crippen LogP contribution in [0.2, 0.25) is 0 Å². The number of esters is 1. The molecule has 0 bridgehead atoms. The maximum atomic E-state index is 12.1. The average molecular weight is 241 g/mol. The van der Waals surface area contributed by atoms with Gasteiger partial charge in [0.2, 0.25) is 0 Å². The summed E-state index contributed by atoms with van der Waals surface area (Å²) < 4.78 is 5.16. The predicted molar refractivity (Wildman–Crippen MR) is 64.5 cm³/mol. The minimum atomic E-state index is -0.895. The number of rotatable bonds is 3.